The molecule has 2 heterocycles. The van der Waals surface area contributed by atoms with E-state index in [0.29, 0.717) is 37.0 Å². The summed E-state index contributed by atoms with van der Waals surface area (Å²) in [5, 5.41) is 28.6. The first kappa shape index (κ1) is 55.5. The predicted molar refractivity (Wildman–Crippen MR) is 215 cm³/mol. The van der Waals surface area contributed by atoms with Crippen LogP contribution in [0.5, 0.6) is 0 Å². The van der Waals surface area contributed by atoms with E-state index in [0.717, 1.165) is 50.7 Å². The molecule has 64 heavy (non-hydrogen) atoms. The molecule has 0 spiro atoms. The van der Waals surface area contributed by atoms with Crippen LogP contribution in [0.2, 0.25) is 5.02 Å². The Labute approximate surface area is 368 Å². The van der Waals surface area contributed by atoms with Crippen molar-refractivity contribution in [3.05, 3.63) is 70.2 Å². The summed E-state index contributed by atoms with van der Waals surface area (Å²) in [4.78, 5) is 61.3. The summed E-state index contributed by atoms with van der Waals surface area (Å²) in [6, 6.07) is 15.7. The molecule has 2 aromatic carbocycles. The molecule has 1 aliphatic carbocycles. The average molecular weight is 950 g/mol. The second-order valence-corrected chi connectivity index (χ2v) is 15.4. The lowest BCUT2D eigenvalue weighted by molar-refractivity contribution is -0.193. The van der Waals surface area contributed by atoms with Crippen molar-refractivity contribution in [3.8, 4) is 0 Å². The highest BCUT2D eigenvalue weighted by Gasteiger charge is 2.40. The maximum absolute atomic E-state index is 14.0. The van der Waals surface area contributed by atoms with Gasteiger partial charge in [-0.25, -0.2) is 14.4 Å². The van der Waals surface area contributed by atoms with Crippen molar-refractivity contribution in [1.82, 2.24) is 25.3 Å². The van der Waals surface area contributed by atoms with Crippen molar-refractivity contribution >= 4 is 41.3 Å². The minimum Gasteiger partial charge on any atom is -0.475 e. The minimum atomic E-state index is -5.08. The number of nitrogens with one attached hydrogen (secondary N) is 2. The van der Waals surface area contributed by atoms with Crippen LogP contribution in [0, 0.1) is 5.92 Å². The van der Waals surface area contributed by atoms with Gasteiger partial charge in [-0.2, -0.15) is 39.5 Å². The molecule has 0 aromatic heterocycles. The normalized spacial score (nSPS) is 17.8. The first-order valence-electron chi connectivity index (χ1n) is 20.3. The van der Waals surface area contributed by atoms with Gasteiger partial charge in [0.05, 0.1) is 0 Å². The number of carboxylic acid groups (broad SMARTS) is 3. The van der Waals surface area contributed by atoms with Crippen LogP contribution in [0.3, 0.4) is 0 Å². The van der Waals surface area contributed by atoms with Gasteiger partial charge in [-0.05, 0) is 60.7 Å². The van der Waals surface area contributed by atoms with E-state index in [9.17, 15) is 49.1 Å². The molecule has 2 aliphatic heterocycles. The number of alkyl halides is 9. The van der Waals surface area contributed by atoms with Gasteiger partial charge in [-0.15, -0.1) is 0 Å². The van der Waals surface area contributed by atoms with E-state index < -0.39 is 42.5 Å². The Bertz CT molecular complexity index is 1740. The van der Waals surface area contributed by atoms with Crippen LogP contribution in [0.25, 0.3) is 0 Å². The number of aliphatic carboxylic acids is 3. The molecule has 1 saturated carbocycles. The Morgan fingerprint density at radius 1 is 0.766 bits per heavy atom. The monoisotopic (exact) mass is 949 g/mol. The second kappa shape index (κ2) is 25.7. The zero-order valence-corrected chi connectivity index (χ0v) is 35.8. The number of halogens is 10. The highest BCUT2D eigenvalue weighted by Crippen LogP contribution is 2.31. The number of piperazine rings is 1. The molecular formula is C41H53ClF9N5O8. The van der Waals surface area contributed by atoms with Gasteiger partial charge in [0.2, 0.25) is 11.8 Å². The number of hydrogen-bond donors (Lipinski definition) is 5. The number of carboxylic acids is 3. The highest BCUT2D eigenvalue weighted by atomic mass is 35.5. The number of fused-ring (bicyclic) bond motifs is 1. The van der Waals surface area contributed by atoms with Gasteiger partial charge in [0.15, 0.2) is 0 Å². The van der Waals surface area contributed by atoms with Gasteiger partial charge < -0.3 is 35.8 Å². The number of nitrogens with zero attached hydrogens (tertiary/aromatic N) is 3. The third kappa shape index (κ3) is 19.2. The fourth-order valence-corrected chi connectivity index (χ4v) is 7.50. The number of carbonyl (C=O) groups is 5. The topological polar surface area (TPSA) is 180 Å². The zero-order chi connectivity index (χ0) is 48.4. The van der Waals surface area contributed by atoms with E-state index >= 15 is 0 Å². The Morgan fingerprint density at radius 2 is 1.25 bits per heavy atom. The molecule has 3 atom stereocenters. The molecule has 13 nitrogen and oxygen atoms in total. The number of hydrogen-bond acceptors (Lipinski definition) is 8. The molecule has 0 radical (unpaired) electrons. The van der Waals surface area contributed by atoms with Gasteiger partial charge >= 0.3 is 36.4 Å². The lowest BCUT2D eigenvalue weighted by atomic mass is 9.82. The maximum atomic E-state index is 14.0. The molecule has 1 saturated heterocycles. The Balaban J connectivity index is 0.000000553. The van der Waals surface area contributed by atoms with Gasteiger partial charge in [-0.1, -0.05) is 81.1 Å². The molecule has 5 rings (SSSR count). The van der Waals surface area contributed by atoms with Gasteiger partial charge in [-0.3, -0.25) is 14.5 Å². The van der Waals surface area contributed by atoms with Crippen molar-refractivity contribution in [2.24, 2.45) is 5.92 Å². The highest BCUT2D eigenvalue weighted by molar-refractivity contribution is 6.30. The van der Waals surface area contributed by atoms with Crippen LogP contribution in [0.4, 0.5) is 39.5 Å². The van der Waals surface area contributed by atoms with Crippen LogP contribution in [-0.2, 0) is 36.9 Å². The summed E-state index contributed by atoms with van der Waals surface area (Å²) < 4.78 is 95.2. The van der Waals surface area contributed by atoms with Crippen LogP contribution in [0.1, 0.15) is 75.1 Å². The molecule has 360 valence electrons. The summed E-state index contributed by atoms with van der Waals surface area (Å²) in [5.41, 5.74) is 3.40. The van der Waals surface area contributed by atoms with E-state index in [4.69, 9.17) is 41.3 Å². The molecule has 3 aliphatic rings. The Hall–Kier alpha value is -4.67. The summed E-state index contributed by atoms with van der Waals surface area (Å²) in [5.74, 6) is -7.62. The Kier molecular flexibility index (Phi) is 22.3. The largest absolute Gasteiger partial charge is 0.490 e. The predicted octanol–water partition coefficient (Wildman–Crippen LogP) is 6.94. The van der Waals surface area contributed by atoms with Crippen LogP contribution < -0.4 is 10.6 Å². The summed E-state index contributed by atoms with van der Waals surface area (Å²) in [6.07, 6.45) is -7.81. The fourth-order valence-electron chi connectivity index (χ4n) is 7.38. The summed E-state index contributed by atoms with van der Waals surface area (Å²) in [7, 11) is 0. The lowest BCUT2D eigenvalue weighted by Gasteiger charge is -2.45. The van der Waals surface area contributed by atoms with E-state index in [1.807, 2.05) is 41.3 Å². The first-order chi connectivity index (χ1) is 29.8. The maximum Gasteiger partial charge on any atom is 0.490 e. The Morgan fingerprint density at radius 3 is 1.72 bits per heavy atom. The number of rotatable bonds is 12. The molecule has 2 aromatic rings. The smallest absolute Gasteiger partial charge is 0.475 e. The van der Waals surface area contributed by atoms with Gasteiger partial charge in [0.1, 0.15) is 6.04 Å². The number of benzene rings is 2. The molecule has 3 unspecified atom stereocenters. The molecule has 0 bridgehead atoms. The average Bonchev–Trinajstić information content (AvgIpc) is 3.64. The van der Waals surface area contributed by atoms with Crippen molar-refractivity contribution in [3.63, 3.8) is 0 Å². The number of carbonyl (C=O) groups excluding carboxylic acids is 2. The third-order valence-electron chi connectivity index (χ3n) is 10.7. The van der Waals surface area contributed by atoms with Crippen molar-refractivity contribution in [1.29, 1.82) is 0 Å². The SMILES string of the molecule is CCN(CC)CC(C1CCCCC1)N1CCN(C(=O)C(Cc2ccc(Cl)cc2)NC(=O)CC2NCc3ccccc32)CC1.O=C(O)C(F)(F)F.O=C(O)C(F)(F)F.O=C(O)C(F)(F)F. The molecule has 5 N–H and O–H groups in total. The van der Waals surface area contributed by atoms with Crippen LogP contribution in [-0.4, -0.2) is 136 Å². The summed E-state index contributed by atoms with van der Waals surface area (Å²) >= 11 is 6.14. The van der Waals surface area contributed by atoms with E-state index in [-0.39, 0.29) is 17.9 Å². The fraction of sp³-hybridized carbons (Fsp3) is 0.585. The lowest BCUT2D eigenvalue weighted by Crippen LogP contribution is -2.59. The number of amides is 2. The van der Waals surface area contributed by atoms with E-state index in [1.54, 1.807) is 0 Å². The molecule has 2 fully saturated rings. The quantitative estimate of drug-likeness (QED) is 0.139. The van der Waals surface area contributed by atoms with Crippen LogP contribution in [0.15, 0.2) is 48.5 Å². The number of likely N-dealkylation sites (N-methyl/N-ethyl adjacent to an activating group) is 1. The third-order valence-corrected chi connectivity index (χ3v) is 11.0. The second-order valence-electron chi connectivity index (χ2n) is 15.0. The first-order valence-corrected chi connectivity index (χ1v) is 20.7. The summed E-state index contributed by atoms with van der Waals surface area (Å²) in [6.45, 7) is 11.7. The van der Waals surface area contributed by atoms with Crippen molar-refractivity contribution < 1.29 is 78.8 Å². The van der Waals surface area contributed by atoms with E-state index in [1.165, 1.54) is 43.2 Å². The zero-order valence-electron chi connectivity index (χ0n) is 35.0. The molecule has 23 heteroatoms. The van der Waals surface area contributed by atoms with Gasteiger partial charge in [0.25, 0.3) is 0 Å². The molecular weight excluding hydrogens is 897 g/mol. The molecule has 2 amide bonds. The standard InChI is InChI=1S/C35H50ClN5O2.3C2HF3O2/c1-3-39(4-2)25-33(27-10-6-5-7-11-27)40-18-20-41(21-19-40)35(43)32(22-26-14-16-29(36)17-15-26)38-34(42)23-31-30-13-9-8-12-28(30)24-37-31;3*3-2(4,5)1(6)7/h8-9,12-17,27,31-33,37H,3-7,10-11,18-25H2,1-2H3,(H,38,42);3*(H,6,7). The van der Waals surface area contributed by atoms with E-state index in [2.05, 4.69) is 46.4 Å². The minimum absolute atomic E-state index is 0.0145. The van der Waals surface area contributed by atoms with Crippen molar-refractivity contribution in [2.45, 2.75) is 102 Å². The van der Waals surface area contributed by atoms with Gasteiger partial charge in [0, 0.05) is 69.2 Å². The van der Waals surface area contributed by atoms with Crippen molar-refractivity contribution in [2.75, 3.05) is 45.8 Å². The van der Waals surface area contributed by atoms with Crippen LogP contribution >= 0.6 is 11.6 Å².